The SMILES string of the molecule is O=C(NCCC1(O)CC2CCC1C2)c1ccnc(Cl)c1. The van der Waals surface area contributed by atoms with Gasteiger partial charge in [0.15, 0.2) is 0 Å². The summed E-state index contributed by atoms with van der Waals surface area (Å²) >= 11 is 5.76. The van der Waals surface area contributed by atoms with Gasteiger partial charge in [-0.3, -0.25) is 4.79 Å². The normalized spacial score (nSPS) is 31.5. The van der Waals surface area contributed by atoms with Gasteiger partial charge in [0.05, 0.1) is 5.60 Å². The fourth-order valence-electron chi connectivity index (χ4n) is 3.76. The molecular formula is C15H19ClN2O2. The van der Waals surface area contributed by atoms with Gasteiger partial charge in [0.1, 0.15) is 5.15 Å². The van der Waals surface area contributed by atoms with Gasteiger partial charge in [0.25, 0.3) is 5.91 Å². The predicted octanol–water partition coefficient (Wildman–Crippen LogP) is 2.41. The van der Waals surface area contributed by atoms with Crippen molar-refractivity contribution in [2.45, 2.75) is 37.7 Å². The van der Waals surface area contributed by atoms with Crippen LogP contribution in [0.25, 0.3) is 0 Å². The summed E-state index contributed by atoms with van der Waals surface area (Å²) in [7, 11) is 0. The number of nitrogens with zero attached hydrogens (tertiary/aromatic N) is 1. The monoisotopic (exact) mass is 294 g/mol. The van der Waals surface area contributed by atoms with Crippen LogP contribution in [0.1, 0.15) is 42.5 Å². The highest BCUT2D eigenvalue weighted by Gasteiger charge is 2.49. The van der Waals surface area contributed by atoms with Crippen molar-refractivity contribution >= 4 is 17.5 Å². The lowest BCUT2D eigenvalue weighted by Crippen LogP contribution is -2.39. The van der Waals surface area contributed by atoms with Crippen molar-refractivity contribution in [1.29, 1.82) is 0 Å². The van der Waals surface area contributed by atoms with Crippen molar-refractivity contribution in [2.24, 2.45) is 11.8 Å². The van der Waals surface area contributed by atoms with Gasteiger partial charge in [0, 0.05) is 18.3 Å². The van der Waals surface area contributed by atoms with Crippen LogP contribution in [-0.4, -0.2) is 28.1 Å². The largest absolute Gasteiger partial charge is 0.390 e. The average Bonchev–Trinajstić information content (AvgIpc) is 2.98. The van der Waals surface area contributed by atoms with Crippen molar-refractivity contribution < 1.29 is 9.90 Å². The van der Waals surface area contributed by atoms with Gasteiger partial charge in [-0.05, 0) is 56.1 Å². The Bertz CT molecular complexity index is 522. The summed E-state index contributed by atoms with van der Waals surface area (Å²) in [6, 6.07) is 3.18. The van der Waals surface area contributed by atoms with E-state index in [1.807, 2.05) is 0 Å². The Morgan fingerprint density at radius 2 is 2.40 bits per heavy atom. The van der Waals surface area contributed by atoms with E-state index in [9.17, 15) is 9.90 Å². The molecule has 0 radical (unpaired) electrons. The van der Waals surface area contributed by atoms with Crippen molar-refractivity contribution in [2.75, 3.05) is 6.54 Å². The van der Waals surface area contributed by atoms with Gasteiger partial charge in [0.2, 0.25) is 0 Å². The number of amides is 1. The Morgan fingerprint density at radius 3 is 3.05 bits per heavy atom. The van der Waals surface area contributed by atoms with Crippen molar-refractivity contribution in [1.82, 2.24) is 10.3 Å². The molecule has 2 N–H and O–H groups in total. The molecule has 5 heteroatoms. The van der Waals surface area contributed by atoms with Gasteiger partial charge in [-0.2, -0.15) is 0 Å². The Balaban J connectivity index is 1.52. The van der Waals surface area contributed by atoms with Gasteiger partial charge in [-0.1, -0.05) is 11.6 Å². The number of pyridine rings is 1. The molecular weight excluding hydrogens is 276 g/mol. The number of carbonyl (C=O) groups is 1. The lowest BCUT2D eigenvalue weighted by molar-refractivity contribution is -0.0195. The highest BCUT2D eigenvalue weighted by molar-refractivity contribution is 6.29. The molecule has 0 aromatic carbocycles. The Morgan fingerprint density at radius 1 is 1.55 bits per heavy atom. The Kier molecular flexibility index (Phi) is 3.69. The quantitative estimate of drug-likeness (QED) is 0.838. The summed E-state index contributed by atoms with van der Waals surface area (Å²) in [5.74, 6) is 0.959. The number of hydrogen-bond donors (Lipinski definition) is 2. The number of nitrogens with one attached hydrogen (secondary N) is 1. The molecule has 3 unspecified atom stereocenters. The molecule has 1 heterocycles. The first-order valence-electron chi connectivity index (χ1n) is 7.19. The second-order valence-corrected chi connectivity index (χ2v) is 6.44. The molecule has 1 aromatic heterocycles. The number of rotatable bonds is 4. The molecule has 20 heavy (non-hydrogen) atoms. The zero-order valence-electron chi connectivity index (χ0n) is 11.3. The summed E-state index contributed by atoms with van der Waals surface area (Å²) in [4.78, 5) is 15.8. The minimum atomic E-state index is -0.563. The van der Waals surface area contributed by atoms with E-state index >= 15 is 0 Å². The molecule has 0 spiro atoms. The van der Waals surface area contributed by atoms with Crippen LogP contribution >= 0.6 is 11.6 Å². The summed E-state index contributed by atoms with van der Waals surface area (Å²) < 4.78 is 0. The fraction of sp³-hybridized carbons (Fsp3) is 0.600. The molecule has 0 aliphatic heterocycles. The number of hydrogen-bond acceptors (Lipinski definition) is 3. The standard InChI is InChI=1S/C15H19ClN2O2/c16-13-8-11(3-5-17-13)14(19)18-6-4-15(20)9-10-1-2-12(15)7-10/h3,5,8,10,12,20H,1-2,4,6-7,9H2,(H,18,19). The maximum absolute atomic E-state index is 12.0. The molecule has 3 atom stereocenters. The number of carbonyl (C=O) groups excluding carboxylic acids is 1. The number of aliphatic hydroxyl groups is 1. The van der Waals surface area contributed by atoms with E-state index in [2.05, 4.69) is 10.3 Å². The highest BCUT2D eigenvalue weighted by atomic mass is 35.5. The van der Waals surface area contributed by atoms with Gasteiger partial charge in [-0.15, -0.1) is 0 Å². The molecule has 2 saturated carbocycles. The molecule has 1 amide bonds. The van der Waals surface area contributed by atoms with Crippen LogP contribution in [-0.2, 0) is 0 Å². The topological polar surface area (TPSA) is 62.2 Å². The maximum atomic E-state index is 12.0. The lowest BCUT2D eigenvalue weighted by atomic mass is 9.82. The maximum Gasteiger partial charge on any atom is 0.251 e. The van der Waals surface area contributed by atoms with Crippen LogP contribution in [0, 0.1) is 11.8 Å². The molecule has 2 bridgehead atoms. The van der Waals surface area contributed by atoms with E-state index in [0.717, 1.165) is 19.3 Å². The summed E-state index contributed by atoms with van der Waals surface area (Å²) in [5.41, 5.74) is -0.0588. The van der Waals surface area contributed by atoms with E-state index in [1.165, 1.54) is 12.6 Å². The summed E-state index contributed by atoms with van der Waals surface area (Å²) in [6.45, 7) is 0.499. The molecule has 4 nitrogen and oxygen atoms in total. The minimum absolute atomic E-state index is 0.166. The molecule has 2 aliphatic rings. The Hall–Kier alpha value is -1.13. The fourth-order valence-corrected chi connectivity index (χ4v) is 3.93. The summed E-state index contributed by atoms with van der Waals surface area (Å²) in [6.07, 6.45) is 6.60. The zero-order valence-corrected chi connectivity index (χ0v) is 12.1. The van der Waals surface area contributed by atoms with Crippen LogP contribution in [0.2, 0.25) is 5.15 Å². The third-order valence-corrected chi connectivity index (χ3v) is 4.98. The van der Waals surface area contributed by atoms with Crippen molar-refractivity contribution in [3.63, 3.8) is 0 Å². The van der Waals surface area contributed by atoms with Crippen molar-refractivity contribution in [3.8, 4) is 0 Å². The first-order valence-corrected chi connectivity index (χ1v) is 7.57. The number of halogens is 1. The molecule has 2 fully saturated rings. The van der Waals surface area contributed by atoms with Gasteiger partial charge in [-0.25, -0.2) is 4.98 Å². The van der Waals surface area contributed by atoms with E-state index in [1.54, 1.807) is 12.1 Å². The van der Waals surface area contributed by atoms with E-state index < -0.39 is 5.60 Å². The third kappa shape index (κ3) is 2.67. The van der Waals surface area contributed by atoms with Crippen molar-refractivity contribution in [3.05, 3.63) is 29.0 Å². The van der Waals surface area contributed by atoms with E-state index in [4.69, 9.17) is 11.6 Å². The third-order valence-electron chi connectivity index (χ3n) is 4.78. The van der Waals surface area contributed by atoms with Gasteiger partial charge < -0.3 is 10.4 Å². The first kappa shape index (κ1) is 13.8. The molecule has 108 valence electrons. The Labute approximate surface area is 123 Å². The van der Waals surface area contributed by atoms with Crippen LogP contribution in [0.3, 0.4) is 0 Å². The second-order valence-electron chi connectivity index (χ2n) is 6.06. The average molecular weight is 295 g/mol. The zero-order chi connectivity index (χ0) is 14.2. The highest BCUT2D eigenvalue weighted by Crippen LogP contribution is 2.51. The lowest BCUT2D eigenvalue weighted by Gasteiger charge is -2.32. The summed E-state index contributed by atoms with van der Waals surface area (Å²) in [5, 5.41) is 13.8. The van der Waals surface area contributed by atoms with Crippen LogP contribution < -0.4 is 5.32 Å². The number of aromatic nitrogens is 1. The van der Waals surface area contributed by atoms with Crippen LogP contribution in [0.15, 0.2) is 18.3 Å². The van der Waals surface area contributed by atoms with E-state index in [-0.39, 0.29) is 5.91 Å². The van der Waals surface area contributed by atoms with Crippen LogP contribution in [0.5, 0.6) is 0 Å². The predicted molar refractivity (Wildman–Crippen MR) is 76.6 cm³/mol. The molecule has 3 rings (SSSR count). The van der Waals surface area contributed by atoms with Crippen LogP contribution in [0.4, 0.5) is 0 Å². The first-order chi connectivity index (χ1) is 9.57. The second kappa shape index (κ2) is 5.34. The molecule has 1 aromatic rings. The van der Waals surface area contributed by atoms with E-state index in [0.29, 0.717) is 35.5 Å². The minimum Gasteiger partial charge on any atom is -0.390 e. The smallest absolute Gasteiger partial charge is 0.251 e. The molecule has 0 saturated heterocycles. The van der Waals surface area contributed by atoms with Gasteiger partial charge >= 0.3 is 0 Å². The molecule has 2 aliphatic carbocycles. The number of fused-ring (bicyclic) bond motifs is 2.